The van der Waals surface area contributed by atoms with Gasteiger partial charge in [0.05, 0.1) is 0 Å². The topological polar surface area (TPSA) is 41.8 Å². The number of fused-ring (bicyclic) bond motifs is 1. The van der Waals surface area contributed by atoms with Crippen LogP contribution < -0.4 is 33.0 Å². The number of hydrogen-bond donors (Lipinski definition) is 2. The summed E-state index contributed by atoms with van der Waals surface area (Å²) in [5, 5.41) is 0. The molecule has 93 valence electrons. The van der Waals surface area contributed by atoms with Crippen molar-refractivity contribution in [3.63, 3.8) is 0 Å². The third kappa shape index (κ3) is 2.74. The van der Waals surface area contributed by atoms with Gasteiger partial charge < -0.3 is 24.8 Å². The van der Waals surface area contributed by atoms with Crippen molar-refractivity contribution < 1.29 is 42.9 Å². The molecule has 0 fully saturated rings. The van der Waals surface area contributed by atoms with Crippen LogP contribution >= 0.6 is 0 Å². The molecular weight excluding hydrogens is 303 g/mol. The van der Waals surface area contributed by atoms with Crippen molar-refractivity contribution in [2.24, 2.45) is 4.22 Å². The molecule has 0 amide bonds. The zero-order chi connectivity index (χ0) is 11.0. The molecule has 1 heterocycles. The molecule has 3 N–H and O–H groups in total. The minimum atomic E-state index is -1.73. The van der Waals surface area contributed by atoms with E-state index in [-0.39, 0.29) is 24.8 Å². The minimum absolute atomic E-state index is 0. The number of H-pyrrole nitrogens is 1. The molecule has 1 unspecified atom stereocenters. The van der Waals surface area contributed by atoms with Gasteiger partial charge in [0, 0.05) is 0 Å². The molecule has 0 aliphatic heterocycles. The van der Waals surface area contributed by atoms with Crippen LogP contribution in [0.3, 0.4) is 0 Å². The fraction of sp³-hybridized carbons (Fsp3) is 0.0769. The summed E-state index contributed by atoms with van der Waals surface area (Å²) >= 11 is -1.73. The molecule has 1 aromatic heterocycles. The number of hydrogen-bond acceptors (Lipinski definition) is 1. The molecule has 2 aromatic rings. The van der Waals surface area contributed by atoms with Crippen LogP contribution in [0.2, 0.25) is 0 Å². The molecule has 0 saturated heterocycles. The van der Waals surface area contributed by atoms with Crippen molar-refractivity contribution in [3.8, 4) is 0 Å². The van der Waals surface area contributed by atoms with Crippen molar-refractivity contribution in [3.05, 3.63) is 59.8 Å². The summed E-state index contributed by atoms with van der Waals surface area (Å²) in [6.45, 7) is 0. The van der Waals surface area contributed by atoms with Crippen molar-refractivity contribution in [1.29, 1.82) is 0 Å². The number of aromatic amines is 1. The number of nitrogens with one attached hydrogen (secondary N) is 1. The molecular formula is C13H13Cl2N2Ti. The molecule has 1 aromatic carbocycles. The number of rotatable bonds is 2. The molecule has 5 heteroatoms. The summed E-state index contributed by atoms with van der Waals surface area (Å²) in [5.41, 5.74) is 2.73. The summed E-state index contributed by atoms with van der Waals surface area (Å²) in [7, 11) is 0. The SMILES string of the molecule is [Cl-].[Cl-].[NH2][Ti+2]([c]1ccc[nH]1)[CH]1C=Cc2ccccc21. The standard InChI is InChI=1S/C9H7.C4H4N.2ClH.H2N.Ti/c1-2-5-9-7-3-6-8(9)4-1;1-2-4-5-3-1;;;;/h1-7H;1-3,5H;2*1H;1H2;/q;;;;-1;+3/p-2. The quantitative estimate of drug-likeness (QED) is 0.544. The maximum absolute atomic E-state index is 6.44. The monoisotopic (exact) mass is 315 g/mol. The number of benzene rings is 1. The zero-order valence-corrected chi connectivity index (χ0v) is 12.7. The van der Waals surface area contributed by atoms with Gasteiger partial charge >= 0.3 is 101 Å². The average Bonchev–Trinajstić information content (AvgIpc) is 2.98. The number of aromatic nitrogens is 1. The van der Waals surface area contributed by atoms with E-state index in [2.05, 4.69) is 47.5 Å². The summed E-state index contributed by atoms with van der Waals surface area (Å²) in [6, 6.07) is 12.7. The number of nitrogens with two attached hydrogens (primary N) is 1. The first-order valence-corrected chi connectivity index (χ1v) is 7.98. The summed E-state index contributed by atoms with van der Waals surface area (Å²) in [6.07, 6.45) is 6.42. The van der Waals surface area contributed by atoms with Gasteiger partial charge in [-0.05, 0) is 0 Å². The fourth-order valence-electron chi connectivity index (χ4n) is 2.20. The Hall–Kier alpha value is -0.506. The van der Waals surface area contributed by atoms with E-state index in [4.69, 9.17) is 4.22 Å². The van der Waals surface area contributed by atoms with Gasteiger partial charge in [0.15, 0.2) is 0 Å². The van der Waals surface area contributed by atoms with Gasteiger partial charge in [-0.25, -0.2) is 0 Å². The van der Waals surface area contributed by atoms with Crippen molar-refractivity contribution >= 4 is 10.1 Å². The zero-order valence-electron chi connectivity index (χ0n) is 9.61. The van der Waals surface area contributed by atoms with Crippen LogP contribution in [0.4, 0.5) is 0 Å². The Labute approximate surface area is 126 Å². The maximum atomic E-state index is 6.44. The second-order valence-corrected chi connectivity index (χ2v) is 7.24. The van der Waals surface area contributed by atoms with E-state index in [1.807, 2.05) is 12.3 Å². The van der Waals surface area contributed by atoms with Crippen LogP contribution in [0, 0.1) is 0 Å². The number of allylic oxidation sites excluding steroid dienone is 1. The van der Waals surface area contributed by atoms with E-state index in [1.54, 1.807) is 0 Å². The molecule has 0 spiro atoms. The first-order valence-electron chi connectivity index (χ1n) is 5.39. The second kappa shape index (κ2) is 6.60. The molecule has 1 aliphatic rings. The Balaban J connectivity index is 0.000000810. The molecule has 3 rings (SSSR count). The normalized spacial score (nSPS) is 15.5. The van der Waals surface area contributed by atoms with E-state index in [1.165, 1.54) is 15.1 Å². The number of halogens is 2. The predicted molar refractivity (Wildman–Crippen MR) is 62.8 cm³/mol. The average molecular weight is 316 g/mol. The van der Waals surface area contributed by atoms with Crippen LogP contribution in [0.1, 0.15) is 15.3 Å². The molecule has 0 radical (unpaired) electrons. The van der Waals surface area contributed by atoms with E-state index in [0.29, 0.717) is 4.22 Å². The van der Waals surface area contributed by atoms with Gasteiger partial charge in [-0.15, -0.1) is 0 Å². The molecule has 0 bridgehead atoms. The Morgan fingerprint density at radius 2 is 1.83 bits per heavy atom. The first kappa shape index (κ1) is 15.6. The van der Waals surface area contributed by atoms with E-state index < -0.39 is 18.1 Å². The van der Waals surface area contributed by atoms with Crippen molar-refractivity contribution in [1.82, 2.24) is 4.98 Å². The van der Waals surface area contributed by atoms with E-state index >= 15 is 0 Å². The van der Waals surface area contributed by atoms with Gasteiger partial charge in [-0.2, -0.15) is 0 Å². The molecule has 18 heavy (non-hydrogen) atoms. The third-order valence-corrected chi connectivity index (χ3v) is 6.33. The van der Waals surface area contributed by atoms with Crippen molar-refractivity contribution in [2.75, 3.05) is 0 Å². The molecule has 2 nitrogen and oxygen atoms in total. The molecule has 0 saturated carbocycles. The first-order chi connectivity index (χ1) is 7.86. The Kier molecular flexibility index (Phi) is 5.70. The van der Waals surface area contributed by atoms with Gasteiger partial charge in [0.1, 0.15) is 0 Å². The van der Waals surface area contributed by atoms with E-state index in [0.717, 1.165) is 0 Å². The Morgan fingerprint density at radius 3 is 2.56 bits per heavy atom. The Morgan fingerprint density at radius 1 is 1.06 bits per heavy atom. The fourth-order valence-corrected chi connectivity index (χ4v) is 4.97. The van der Waals surface area contributed by atoms with Crippen LogP contribution in [0.15, 0.2) is 48.7 Å². The summed E-state index contributed by atoms with van der Waals surface area (Å²) < 4.78 is 8.15. The summed E-state index contributed by atoms with van der Waals surface area (Å²) in [4.78, 5) is 3.26. The Bertz CT molecular complexity index is 526. The van der Waals surface area contributed by atoms with Gasteiger partial charge in [0.25, 0.3) is 0 Å². The van der Waals surface area contributed by atoms with Crippen LogP contribution in [-0.2, 0) is 18.1 Å². The van der Waals surface area contributed by atoms with Gasteiger partial charge in [-0.1, -0.05) is 0 Å². The van der Waals surface area contributed by atoms with Crippen LogP contribution in [0.5, 0.6) is 0 Å². The van der Waals surface area contributed by atoms with Crippen LogP contribution in [0.25, 0.3) is 6.08 Å². The van der Waals surface area contributed by atoms with Gasteiger partial charge in [-0.3, -0.25) is 0 Å². The summed E-state index contributed by atoms with van der Waals surface area (Å²) in [5.74, 6) is 0. The van der Waals surface area contributed by atoms with Gasteiger partial charge in [0.2, 0.25) is 0 Å². The van der Waals surface area contributed by atoms with E-state index in [9.17, 15) is 0 Å². The van der Waals surface area contributed by atoms with Crippen molar-refractivity contribution in [2.45, 2.75) is 4.22 Å². The third-order valence-electron chi connectivity index (χ3n) is 3.04. The molecule has 1 atom stereocenters. The predicted octanol–water partition coefficient (Wildman–Crippen LogP) is -4.09. The van der Waals surface area contributed by atoms with Crippen LogP contribution in [-0.4, -0.2) is 4.98 Å². The molecule has 1 aliphatic carbocycles. The second-order valence-electron chi connectivity index (χ2n) is 4.00.